The molecule has 1 heterocycles. The molecule has 0 saturated carbocycles. The molecule has 1 aliphatic heterocycles. The van der Waals surface area contributed by atoms with Crippen LogP contribution in [0.15, 0.2) is 0 Å². The van der Waals surface area contributed by atoms with Gasteiger partial charge in [-0.2, -0.15) is 0 Å². The van der Waals surface area contributed by atoms with Gasteiger partial charge in [-0.05, 0) is 27.2 Å². The monoisotopic (exact) mass is 199 g/mol. The normalized spacial score (nSPS) is 19.7. The van der Waals surface area contributed by atoms with Gasteiger partial charge in [-0.25, -0.2) is 4.79 Å². The number of carbonyl (C=O) groups is 1. The quantitative estimate of drug-likeness (QED) is 0.631. The van der Waals surface area contributed by atoms with Crippen molar-refractivity contribution in [1.82, 2.24) is 16.0 Å². The van der Waals surface area contributed by atoms with Crippen LogP contribution >= 0.6 is 0 Å². The van der Waals surface area contributed by atoms with Crippen molar-refractivity contribution in [2.45, 2.75) is 45.2 Å². The fraction of sp³-hybridized carbons (Fsp3) is 0.900. The Hall–Kier alpha value is -0.770. The highest BCUT2D eigenvalue weighted by molar-refractivity contribution is 5.75. The largest absolute Gasteiger partial charge is 0.333 e. The maximum Gasteiger partial charge on any atom is 0.315 e. The first-order valence-electron chi connectivity index (χ1n) is 5.18. The summed E-state index contributed by atoms with van der Waals surface area (Å²) in [6, 6.07) is -0.0687. The predicted molar refractivity (Wildman–Crippen MR) is 57.3 cm³/mol. The van der Waals surface area contributed by atoms with Gasteiger partial charge in [-0.15, -0.1) is 0 Å². The van der Waals surface area contributed by atoms with Gasteiger partial charge in [-0.3, -0.25) is 0 Å². The van der Waals surface area contributed by atoms with Gasteiger partial charge in [0, 0.05) is 18.6 Å². The van der Waals surface area contributed by atoms with E-state index in [9.17, 15) is 4.79 Å². The summed E-state index contributed by atoms with van der Waals surface area (Å²) in [6.45, 7) is 9.86. The lowest BCUT2D eigenvalue weighted by atomic mass is 9.95. The van der Waals surface area contributed by atoms with Crippen molar-refractivity contribution in [3.8, 4) is 0 Å². The van der Waals surface area contributed by atoms with E-state index in [4.69, 9.17) is 0 Å². The number of nitrogens with one attached hydrogen (secondary N) is 3. The van der Waals surface area contributed by atoms with Gasteiger partial charge in [0.1, 0.15) is 0 Å². The Morgan fingerprint density at radius 2 is 2.07 bits per heavy atom. The molecule has 1 aliphatic rings. The van der Waals surface area contributed by atoms with E-state index in [2.05, 4.69) is 22.9 Å². The lowest BCUT2D eigenvalue weighted by Gasteiger charge is -2.40. The summed E-state index contributed by atoms with van der Waals surface area (Å²) in [5.74, 6) is 0. The Labute approximate surface area is 85.8 Å². The molecule has 3 N–H and O–H groups in total. The zero-order chi connectivity index (χ0) is 10.8. The zero-order valence-corrected chi connectivity index (χ0v) is 9.53. The van der Waals surface area contributed by atoms with Crippen LogP contribution in [-0.4, -0.2) is 30.2 Å². The molecule has 0 aromatic carbocycles. The van der Waals surface area contributed by atoms with E-state index in [0.29, 0.717) is 0 Å². The molecule has 1 saturated heterocycles. The maximum absolute atomic E-state index is 11.6. The third kappa shape index (κ3) is 2.87. The van der Waals surface area contributed by atoms with Gasteiger partial charge in [-0.1, -0.05) is 6.92 Å². The van der Waals surface area contributed by atoms with Gasteiger partial charge in [0.15, 0.2) is 0 Å². The van der Waals surface area contributed by atoms with Crippen LogP contribution in [0.25, 0.3) is 0 Å². The summed E-state index contributed by atoms with van der Waals surface area (Å²) >= 11 is 0. The molecular weight excluding hydrogens is 178 g/mol. The van der Waals surface area contributed by atoms with E-state index in [0.717, 1.165) is 19.5 Å². The van der Waals surface area contributed by atoms with Crippen molar-refractivity contribution in [2.75, 3.05) is 13.1 Å². The van der Waals surface area contributed by atoms with Crippen LogP contribution in [-0.2, 0) is 0 Å². The van der Waals surface area contributed by atoms with Crippen LogP contribution in [0.4, 0.5) is 4.79 Å². The van der Waals surface area contributed by atoms with Crippen LogP contribution in [0.5, 0.6) is 0 Å². The highest BCUT2D eigenvalue weighted by atomic mass is 16.2. The highest BCUT2D eigenvalue weighted by Gasteiger charge is 2.33. The number of hydrogen-bond acceptors (Lipinski definition) is 2. The van der Waals surface area contributed by atoms with Crippen LogP contribution < -0.4 is 16.0 Å². The molecule has 0 spiro atoms. The molecule has 4 nitrogen and oxygen atoms in total. The van der Waals surface area contributed by atoms with Crippen molar-refractivity contribution in [1.29, 1.82) is 0 Å². The first-order valence-corrected chi connectivity index (χ1v) is 5.18. The zero-order valence-electron chi connectivity index (χ0n) is 9.53. The average molecular weight is 199 g/mol. The molecule has 0 unspecified atom stereocenters. The molecule has 2 amide bonds. The third-order valence-corrected chi connectivity index (χ3v) is 2.78. The molecule has 0 aliphatic carbocycles. The van der Waals surface area contributed by atoms with Crippen LogP contribution in [0.3, 0.4) is 0 Å². The van der Waals surface area contributed by atoms with E-state index in [1.54, 1.807) is 0 Å². The molecular formula is C10H21N3O. The minimum absolute atomic E-state index is 0.0616. The van der Waals surface area contributed by atoms with Gasteiger partial charge in [0.25, 0.3) is 0 Å². The Bertz CT molecular complexity index is 206. The minimum Gasteiger partial charge on any atom is -0.333 e. The third-order valence-electron chi connectivity index (χ3n) is 2.78. The maximum atomic E-state index is 11.6. The summed E-state index contributed by atoms with van der Waals surface area (Å²) < 4.78 is 0. The molecule has 82 valence electrons. The SMILES string of the molecule is CCC(C)(C)NC(=O)NC1(C)CNC1. The predicted octanol–water partition coefficient (Wildman–Crippen LogP) is 0.836. The van der Waals surface area contributed by atoms with Crippen molar-refractivity contribution in [3.05, 3.63) is 0 Å². The molecule has 0 atom stereocenters. The second kappa shape index (κ2) is 3.77. The second-order valence-electron chi connectivity index (χ2n) is 4.98. The summed E-state index contributed by atoms with van der Waals surface area (Å²) in [7, 11) is 0. The number of rotatable bonds is 3. The van der Waals surface area contributed by atoms with E-state index < -0.39 is 0 Å². The van der Waals surface area contributed by atoms with Crippen LogP contribution in [0, 0.1) is 0 Å². The second-order valence-corrected chi connectivity index (χ2v) is 4.98. The van der Waals surface area contributed by atoms with Crippen molar-refractivity contribution in [3.63, 3.8) is 0 Å². The molecule has 0 aromatic heterocycles. The van der Waals surface area contributed by atoms with E-state index in [1.165, 1.54) is 0 Å². The van der Waals surface area contributed by atoms with Crippen molar-refractivity contribution in [2.24, 2.45) is 0 Å². The average Bonchev–Trinajstić information content (AvgIpc) is 2.00. The summed E-state index contributed by atoms with van der Waals surface area (Å²) in [5, 5.41) is 9.06. The molecule has 0 radical (unpaired) electrons. The van der Waals surface area contributed by atoms with E-state index >= 15 is 0 Å². The Balaban J connectivity index is 2.35. The molecule has 14 heavy (non-hydrogen) atoms. The van der Waals surface area contributed by atoms with Gasteiger partial charge in [0.05, 0.1) is 5.54 Å². The number of urea groups is 1. The highest BCUT2D eigenvalue weighted by Crippen LogP contribution is 2.10. The number of hydrogen-bond donors (Lipinski definition) is 3. The Kier molecular flexibility index (Phi) is 3.04. The van der Waals surface area contributed by atoms with Crippen LogP contribution in [0.1, 0.15) is 34.1 Å². The van der Waals surface area contributed by atoms with E-state index in [-0.39, 0.29) is 17.1 Å². The lowest BCUT2D eigenvalue weighted by Crippen LogP contribution is -2.69. The van der Waals surface area contributed by atoms with Crippen molar-refractivity contribution >= 4 is 6.03 Å². The van der Waals surface area contributed by atoms with Gasteiger partial charge < -0.3 is 16.0 Å². The first kappa shape index (κ1) is 11.3. The number of carbonyl (C=O) groups excluding carboxylic acids is 1. The summed E-state index contributed by atoms with van der Waals surface area (Å²) in [6.07, 6.45) is 0.926. The van der Waals surface area contributed by atoms with Crippen molar-refractivity contribution < 1.29 is 4.79 Å². The smallest absolute Gasteiger partial charge is 0.315 e. The first-order chi connectivity index (χ1) is 6.37. The lowest BCUT2D eigenvalue weighted by molar-refractivity contribution is 0.196. The molecule has 1 fully saturated rings. The molecule has 0 aromatic rings. The Morgan fingerprint density at radius 3 is 2.43 bits per heavy atom. The van der Waals surface area contributed by atoms with Crippen LogP contribution in [0.2, 0.25) is 0 Å². The van der Waals surface area contributed by atoms with E-state index in [1.807, 2.05) is 20.8 Å². The minimum atomic E-state index is -0.127. The molecule has 1 rings (SSSR count). The Morgan fingerprint density at radius 1 is 1.50 bits per heavy atom. The van der Waals surface area contributed by atoms with Gasteiger partial charge in [0.2, 0.25) is 0 Å². The fourth-order valence-electron chi connectivity index (χ4n) is 1.29. The fourth-order valence-corrected chi connectivity index (χ4v) is 1.29. The standard InChI is InChI=1S/C10H21N3O/c1-5-9(2,3)12-8(14)13-10(4)6-11-7-10/h11H,5-7H2,1-4H3,(H2,12,13,14). The molecule has 4 heteroatoms. The summed E-state index contributed by atoms with van der Waals surface area (Å²) in [5.41, 5.74) is -0.189. The topological polar surface area (TPSA) is 53.2 Å². The summed E-state index contributed by atoms with van der Waals surface area (Å²) in [4.78, 5) is 11.6. The molecule has 0 bridgehead atoms. The number of amides is 2. The van der Waals surface area contributed by atoms with Gasteiger partial charge >= 0.3 is 6.03 Å².